The van der Waals surface area contributed by atoms with Crippen LogP contribution in [0.15, 0.2) is 43.0 Å². The van der Waals surface area contributed by atoms with Crippen LogP contribution in [0.5, 0.6) is 5.88 Å². The van der Waals surface area contributed by atoms with Crippen LogP contribution in [0.1, 0.15) is 12.8 Å². The number of pyridine rings is 2. The van der Waals surface area contributed by atoms with Gasteiger partial charge in [-0.1, -0.05) is 11.6 Å². The quantitative estimate of drug-likeness (QED) is 0.668. The molecule has 2 aliphatic rings. The number of aromatic nitrogens is 4. The van der Waals surface area contributed by atoms with Gasteiger partial charge < -0.3 is 19.9 Å². The molecule has 2 bridgehead atoms. The van der Waals surface area contributed by atoms with Crippen molar-refractivity contribution in [1.82, 2.24) is 19.9 Å². The third kappa shape index (κ3) is 3.59. The van der Waals surface area contributed by atoms with Crippen molar-refractivity contribution >= 4 is 28.9 Å². The molecule has 8 nitrogen and oxygen atoms in total. The lowest BCUT2D eigenvalue weighted by atomic mass is 9.99. The number of ether oxygens (including phenoxy) is 1. The number of methoxy groups -OCH3 is 1. The van der Waals surface area contributed by atoms with Gasteiger partial charge in [0, 0.05) is 43.2 Å². The number of rotatable bonds is 5. The number of hydrogen-bond donors (Lipinski definition) is 1. The van der Waals surface area contributed by atoms with E-state index in [1.165, 1.54) is 12.7 Å². The van der Waals surface area contributed by atoms with Gasteiger partial charge in [0.15, 0.2) is 5.82 Å². The van der Waals surface area contributed by atoms with Gasteiger partial charge in [0.25, 0.3) is 0 Å². The van der Waals surface area contributed by atoms with Gasteiger partial charge in [0.2, 0.25) is 5.88 Å². The number of nitrogens with zero attached hydrogens (tertiary/aromatic N) is 6. The predicted molar refractivity (Wildman–Crippen MR) is 117 cm³/mol. The zero-order valence-corrected chi connectivity index (χ0v) is 17.4. The Balaban J connectivity index is 1.48. The highest BCUT2D eigenvalue weighted by molar-refractivity contribution is 6.30. The number of fused-ring (bicyclic) bond motifs is 4. The Morgan fingerprint density at radius 2 is 2.17 bits per heavy atom. The van der Waals surface area contributed by atoms with E-state index in [1.807, 2.05) is 12.1 Å². The molecular formula is C21H22ClN7O. The first-order chi connectivity index (χ1) is 14.7. The first-order valence-corrected chi connectivity index (χ1v) is 10.3. The second-order valence-corrected chi connectivity index (χ2v) is 7.86. The highest BCUT2D eigenvalue weighted by atomic mass is 35.5. The molecule has 0 unspecified atom stereocenters. The average molecular weight is 424 g/mol. The lowest BCUT2D eigenvalue weighted by Gasteiger charge is -2.47. The van der Waals surface area contributed by atoms with Crippen LogP contribution in [0.25, 0.3) is 11.3 Å². The highest BCUT2D eigenvalue weighted by Gasteiger charge is 2.34. The Labute approximate surface area is 179 Å². The Morgan fingerprint density at radius 1 is 1.23 bits per heavy atom. The topological polar surface area (TPSA) is 79.3 Å². The molecule has 0 amide bonds. The summed E-state index contributed by atoms with van der Waals surface area (Å²) in [5.74, 6) is 2.22. The largest absolute Gasteiger partial charge is 0.481 e. The van der Waals surface area contributed by atoms with E-state index in [4.69, 9.17) is 21.3 Å². The standard InChI is InChI=1S/C21H22ClN7O/c1-30-20-8-19(24-12-25-20)26-13-29-16-3-2-6-28(11-16)18-5-4-17(27-21(18)29)14-7-15(22)10-23-9-14/h4-5,7-10,12,16H,2-3,6,11,13H2,1H3,(H,24,25,26)/t16-/m0/s1. The Morgan fingerprint density at radius 3 is 3.03 bits per heavy atom. The second-order valence-electron chi connectivity index (χ2n) is 7.42. The molecule has 154 valence electrons. The fourth-order valence-electron chi connectivity index (χ4n) is 4.13. The van der Waals surface area contributed by atoms with Gasteiger partial charge in [-0.3, -0.25) is 4.98 Å². The third-order valence-corrected chi connectivity index (χ3v) is 5.79. The summed E-state index contributed by atoms with van der Waals surface area (Å²) in [5, 5.41) is 4.01. The minimum Gasteiger partial charge on any atom is -0.481 e. The lowest BCUT2D eigenvalue weighted by Crippen LogP contribution is -2.54. The summed E-state index contributed by atoms with van der Waals surface area (Å²) >= 11 is 6.15. The number of halogens is 1. The van der Waals surface area contributed by atoms with E-state index < -0.39 is 0 Å². The van der Waals surface area contributed by atoms with Gasteiger partial charge in [-0.05, 0) is 31.0 Å². The Hall–Kier alpha value is -3.13. The van der Waals surface area contributed by atoms with Gasteiger partial charge in [-0.25, -0.2) is 15.0 Å². The van der Waals surface area contributed by atoms with Crippen LogP contribution < -0.4 is 19.9 Å². The van der Waals surface area contributed by atoms with E-state index in [0.29, 0.717) is 23.6 Å². The normalized spacial score (nSPS) is 17.5. The molecule has 0 radical (unpaired) electrons. The monoisotopic (exact) mass is 423 g/mol. The third-order valence-electron chi connectivity index (χ3n) is 5.59. The van der Waals surface area contributed by atoms with Crippen molar-refractivity contribution in [2.75, 3.05) is 42.0 Å². The van der Waals surface area contributed by atoms with E-state index >= 15 is 0 Å². The number of piperidine rings is 1. The zero-order valence-electron chi connectivity index (χ0n) is 16.6. The van der Waals surface area contributed by atoms with Crippen molar-refractivity contribution in [3.05, 3.63) is 48.0 Å². The molecule has 0 aromatic carbocycles. The molecule has 30 heavy (non-hydrogen) atoms. The lowest BCUT2D eigenvalue weighted by molar-refractivity contribution is 0.397. The fourth-order valence-corrected chi connectivity index (χ4v) is 4.30. The van der Waals surface area contributed by atoms with E-state index in [0.717, 1.165) is 48.1 Å². The summed E-state index contributed by atoms with van der Waals surface area (Å²) in [5.41, 5.74) is 2.93. The molecule has 1 saturated heterocycles. The maximum Gasteiger partial charge on any atom is 0.218 e. The van der Waals surface area contributed by atoms with Crippen LogP contribution in [0.2, 0.25) is 5.02 Å². The number of nitrogens with one attached hydrogen (secondary N) is 1. The molecule has 5 rings (SSSR count). The van der Waals surface area contributed by atoms with E-state index in [9.17, 15) is 0 Å². The van der Waals surface area contributed by atoms with E-state index in [1.54, 1.807) is 25.6 Å². The summed E-state index contributed by atoms with van der Waals surface area (Å²) in [6.45, 7) is 2.66. The average Bonchev–Trinajstić information content (AvgIpc) is 2.79. The van der Waals surface area contributed by atoms with Gasteiger partial charge in [-0.2, -0.15) is 0 Å². The van der Waals surface area contributed by atoms with Gasteiger partial charge in [-0.15, -0.1) is 0 Å². The van der Waals surface area contributed by atoms with E-state index in [-0.39, 0.29) is 0 Å². The summed E-state index contributed by atoms with van der Waals surface area (Å²) in [6, 6.07) is 8.27. The first-order valence-electron chi connectivity index (χ1n) is 9.95. The number of hydrogen-bond acceptors (Lipinski definition) is 8. The van der Waals surface area contributed by atoms with Gasteiger partial charge in [0.05, 0.1) is 30.2 Å². The van der Waals surface area contributed by atoms with Crippen LogP contribution in [0.4, 0.5) is 17.3 Å². The van der Waals surface area contributed by atoms with Crippen molar-refractivity contribution in [3.63, 3.8) is 0 Å². The van der Waals surface area contributed by atoms with Crippen molar-refractivity contribution in [3.8, 4) is 17.1 Å². The molecule has 2 aliphatic heterocycles. The molecule has 0 saturated carbocycles. The summed E-state index contributed by atoms with van der Waals surface area (Å²) in [6.07, 6.45) is 7.22. The molecule has 1 N–H and O–H groups in total. The summed E-state index contributed by atoms with van der Waals surface area (Å²) < 4.78 is 5.20. The maximum atomic E-state index is 6.15. The molecule has 0 aliphatic carbocycles. The summed E-state index contributed by atoms with van der Waals surface area (Å²) in [4.78, 5) is 22.4. The minimum atomic E-state index is 0.391. The fraction of sp³-hybridized carbons (Fsp3) is 0.333. The molecule has 3 aromatic heterocycles. The van der Waals surface area contributed by atoms with Crippen molar-refractivity contribution in [2.45, 2.75) is 18.9 Å². The van der Waals surface area contributed by atoms with Crippen LogP contribution in [0, 0.1) is 0 Å². The van der Waals surface area contributed by atoms with E-state index in [2.05, 4.69) is 36.1 Å². The molecule has 1 fully saturated rings. The molecule has 1 atom stereocenters. The minimum absolute atomic E-state index is 0.391. The van der Waals surface area contributed by atoms with Gasteiger partial charge >= 0.3 is 0 Å². The highest BCUT2D eigenvalue weighted by Crippen LogP contribution is 2.39. The Bertz CT molecular complexity index is 1060. The second kappa shape index (κ2) is 7.95. The molecule has 3 aromatic rings. The zero-order chi connectivity index (χ0) is 20.5. The smallest absolute Gasteiger partial charge is 0.218 e. The molecule has 5 heterocycles. The van der Waals surface area contributed by atoms with Crippen LogP contribution >= 0.6 is 11.6 Å². The van der Waals surface area contributed by atoms with Gasteiger partial charge in [0.1, 0.15) is 12.1 Å². The summed E-state index contributed by atoms with van der Waals surface area (Å²) in [7, 11) is 1.60. The maximum absolute atomic E-state index is 6.15. The number of anilines is 3. The first kappa shape index (κ1) is 18.9. The predicted octanol–water partition coefficient (Wildman–Crippen LogP) is 3.45. The van der Waals surface area contributed by atoms with Crippen LogP contribution in [0.3, 0.4) is 0 Å². The Kier molecular flexibility index (Phi) is 5.00. The molecular weight excluding hydrogens is 402 g/mol. The molecule has 9 heteroatoms. The molecule has 0 spiro atoms. The van der Waals surface area contributed by atoms with Crippen molar-refractivity contribution < 1.29 is 4.74 Å². The SMILES string of the molecule is COc1cc(NCN2c3nc(-c4cncc(Cl)c4)ccc3N3CCC[C@H]2C3)ncn1. The van der Waals surface area contributed by atoms with Crippen LogP contribution in [-0.2, 0) is 0 Å². The van der Waals surface area contributed by atoms with Crippen molar-refractivity contribution in [1.29, 1.82) is 0 Å². The van der Waals surface area contributed by atoms with Crippen molar-refractivity contribution in [2.24, 2.45) is 0 Å². The van der Waals surface area contributed by atoms with Crippen LogP contribution in [-0.4, -0.2) is 52.8 Å².